The summed E-state index contributed by atoms with van der Waals surface area (Å²) in [6, 6.07) is 12.9. The molecule has 2 aromatic carbocycles. The number of halogens is 1. The molecular formula is C25H34FN3O5S. The van der Waals surface area contributed by atoms with Gasteiger partial charge >= 0.3 is 6.09 Å². The van der Waals surface area contributed by atoms with Gasteiger partial charge in [-0.1, -0.05) is 44.2 Å². The molecule has 1 amide bonds. The van der Waals surface area contributed by atoms with Gasteiger partial charge in [-0.15, -0.1) is 0 Å². The van der Waals surface area contributed by atoms with E-state index in [1.807, 2.05) is 44.2 Å². The largest absolute Gasteiger partial charge is 0.444 e. The molecule has 0 aromatic heterocycles. The molecule has 0 aliphatic carbocycles. The number of benzene rings is 2. The molecule has 1 saturated heterocycles. The van der Waals surface area contributed by atoms with Crippen LogP contribution in [0.5, 0.6) is 0 Å². The van der Waals surface area contributed by atoms with Crippen LogP contribution in [0, 0.1) is 11.7 Å². The minimum absolute atomic E-state index is 0.0139. The molecule has 35 heavy (non-hydrogen) atoms. The van der Waals surface area contributed by atoms with Gasteiger partial charge in [-0.3, -0.25) is 0 Å². The summed E-state index contributed by atoms with van der Waals surface area (Å²) in [4.78, 5) is 12.6. The lowest BCUT2D eigenvalue weighted by Crippen LogP contribution is -2.55. The first-order valence-corrected chi connectivity index (χ1v) is 13.2. The third kappa shape index (κ3) is 7.99. The monoisotopic (exact) mass is 507 g/mol. The second-order valence-corrected chi connectivity index (χ2v) is 11.1. The number of hydrogen-bond acceptors (Lipinski definition) is 6. The van der Waals surface area contributed by atoms with Gasteiger partial charge in [0.1, 0.15) is 11.9 Å². The molecule has 0 unspecified atom stereocenters. The molecule has 1 aliphatic rings. The van der Waals surface area contributed by atoms with E-state index in [2.05, 4.69) is 5.32 Å². The number of rotatable bonds is 11. The zero-order valence-corrected chi connectivity index (χ0v) is 20.9. The van der Waals surface area contributed by atoms with Crippen molar-refractivity contribution in [3.63, 3.8) is 0 Å². The van der Waals surface area contributed by atoms with Crippen molar-refractivity contribution < 1.29 is 27.1 Å². The second kappa shape index (κ2) is 12.4. The molecule has 0 bridgehead atoms. The fourth-order valence-corrected chi connectivity index (χ4v) is 5.56. The Morgan fingerprint density at radius 3 is 2.46 bits per heavy atom. The Labute approximate surface area is 206 Å². The van der Waals surface area contributed by atoms with Crippen LogP contribution in [0.3, 0.4) is 0 Å². The summed E-state index contributed by atoms with van der Waals surface area (Å²) in [5, 5.41) is 2.84. The maximum absolute atomic E-state index is 13.4. The van der Waals surface area contributed by atoms with Gasteiger partial charge in [-0.25, -0.2) is 17.6 Å². The van der Waals surface area contributed by atoms with E-state index in [0.717, 1.165) is 17.7 Å². The van der Waals surface area contributed by atoms with Crippen LogP contribution >= 0.6 is 0 Å². The van der Waals surface area contributed by atoms with Crippen molar-refractivity contribution in [1.29, 1.82) is 0 Å². The van der Waals surface area contributed by atoms with Crippen LogP contribution in [0.4, 0.5) is 9.18 Å². The van der Waals surface area contributed by atoms with Crippen LogP contribution in [-0.2, 0) is 25.9 Å². The number of amides is 1. The highest BCUT2D eigenvalue weighted by atomic mass is 32.2. The van der Waals surface area contributed by atoms with Crippen molar-refractivity contribution in [3.8, 4) is 0 Å². The van der Waals surface area contributed by atoms with Crippen molar-refractivity contribution in [2.24, 2.45) is 11.7 Å². The van der Waals surface area contributed by atoms with Gasteiger partial charge < -0.3 is 20.5 Å². The second-order valence-electron chi connectivity index (χ2n) is 9.17. The predicted octanol–water partition coefficient (Wildman–Crippen LogP) is 2.93. The zero-order valence-electron chi connectivity index (χ0n) is 20.1. The fraction of sp³-hybridized carbons (Fsp3) is 0.480. The van der Waals surface area contributed by atoms with Crippen LogP contribution in [-0.4, -0.2) is 63.3 Å². The van der Waals surface area contributed by atoms with Crippen LogP contribution in [0.1, 0.15) is 25.8 Å². The summed E-state index contributed by atoms with van der Waals surface area (Å²) >= 11 is 0. The van der Waals surface area contributed by atoms with Gasteiger partial charge in [0.15, 0.2) is 0 Å². The average Bonchev–Trinajstić information content (AvgIpc) is 3.31. The Morgan fingerprint density at radius 1 is 1.17 bits per heavy atom. The molecule has 0 saturated carbocycles. The first-order chi connectivity index (χ1) is 16.6. The van der Waals surface area contributed by atoms with E-state index in [-0.39, 0.29) is 30.0 Å². The molecule has 10 heteroatoms. The number of nitrogens with one attached hydrogen (secondary N) is 1. The van der Waals surface area contributed by atoms with Crippen molar-refractivity contribution in [3.05, 3.63) is 66.0 Å². The van der Waals surface area contributed by atoms with Crippen LogP contribution < -0.4 is 11.1 Å². The summed E-state index contributed by atoms with van der Waals surface area (Å²) in [6.45, 7) is 4.87. The van der Waals surface area contributed by atoms with Gasteiger partial charge in [-0.05, 0) is 42.2 Å². The molecule has 1 fully saturated rings. The van der Waals surface area contributed by atoms with Crippen molar-refractivity contribution >= 4 is 16.1 Å². The van der Waals surface area contributed by atoms with Crippen molar-refractivity contribution in [1.82, 2.24) is 9.62 Å². The molecule has 8 nitrogen and oxygen atoms in total. The molecular weight excluding hydrogens is 473 g/mol. The highest BCUT2D eigenvalue weighted by Crippen LogP contribution is 2.19. The van der Waals surface area contributed by atoms with Gasteiger partial charge in [0, 0.05) is 25.6 Å². The molecule has 1 heterocycles. The number of sulfonamides is 1. The van der Waals surface area contributed by atoms with Crippen LogP contribution in [0.15, 0.2) is 59.5 Å². The van der Waals surface area contributed by atoms with E-state index in [4.69, 9.17) is 15.2 Å². The number of hydrogen-bond donors (Lipinski definition) is 2. The quantitative estimate of drug-likeness (QED) is 0.484. The number of carbonyl (C=O) groups is 1. The SMILES string of the molecule is CC(C)CN(C[C@@H](N)[C@H](Cc1ccccc1)NC(=O)O[C@H]1CCOC1)S(=O)(=O)c1ccc(F)cc1. The summed E-state index contributed by atoms with van der Waals surface area (Å²) in [6.07, 6.45) is 0.0826. The van der Waals surface area contributed by atoms with Crippen LogP contribution in [0.2, 0.25) is 0 Å². The number of carbonyl (C=O) groups excluding carboxylic acids is 1. The van der Waals surface area contributed by atoms with Gasteiger partial charge in [0.25, 0.3) is 0 Å². The number of nitrogens with zero attached hydrogens (tertiary/aromatic N) is 1. The zero-order chi connectivity index (χ0) is 25.4. The molecule has 0 radical (unpaired) electrons. The maximum Gasteiger partial charge on any atom is 0.407 e. The van der Waals surface area contributed by atoms with Gasteiger partial charge in [0.05, 0.1) is 24.2 Å². The van der Waals surface area contributed by atoms with Crippen molar-refractivity contribution in [2.45, 2.75) is 49.8 Å². The standard InChI is InChI=1S/C25H34FN3O5S/c1-18(2)15-29(35(31,32)22-10-8-20(26)9-11-22)16-23(27)24(14-19-6-4-3-5-7-19)28-25(30)34-21-12-13-33-17-21/h3-11,18,21,23-24H,12-17,27H2,1-2H3,(H,28,30)/t21-,23+,24-/m0/s1. The Balaban J connectivity index is 1.80. The van der Waals surface area contributed by atoms with E-state index < -0.39 is 34.0 Å². The topological polar surface area (TPSA) is 111 Å². The van der Waals surface area contributed by atoms with E-state index in [1.54, 1.807) is 0 Å². The van der Waals surface area contributed by atoms with Crippen LogP contribution in [0.25, 0.3) is 0 Å². The first-order valence-electron chi connectivity index (χ1n) is 11.7. The molecule has 3 rings (SSSR count). The highest BCUT2D eigenvalue weighted by Gasteiger charge is 2.31. The molecule has 3 N–H and O–H groups in total. The van der Waals surface area contributed by atoms with E-state index in [9.17, 15) is 17.6 Å². The third-order valence-electron chi connectivity index (χ3n) is 5.71. The summed E-state index contributed by atoms with van der Waals surface area (Å²) in [5.74, 6) is -0.500. The van der Waals surface area contributed by atoms with Gasteiger partial charge in [-0.2, -0.15) is 4.31 Å². The maximum atomic E-state index is 13.4. The summed E-state index contributed by atoms with van der Waals surface area (Å²) in [7, 11) is -3.94. The lowest BCUT2D eigenvalue weighted by Gasteiger charge is -2.31. The number of ether oxygens (including phenoxy) is 2. The number of alkyl carbamates (subject to hydrolysis) is 1. The third-order valence-corrected chi connectivity index (χ3v) is 7.56. The van der Waals surface area contributed by atoms with Gasteiger partial charge in [0.2, 0.25) is 10.0 Å². The fourth-order valence-electron chi connectivity index (χ4n) is 3.92. The van der Waals surface area contributed by atoms with E-state index in [1.165, 1.54) is 16.4 Å². The normalized spacial score (nSPS) is 17.9. The molecule has 3 atom stereocenters. The summed E-state index contributed by atoms with van der Waals surface area (Å²) in [5.41, 5.74) is 7.48. The molecule has 192 valence electrons. The molecule has 0 spiro atoms. The smallest absolute Gasteiger partial charge is 0.407 e. The lowest BCUT2D eigenvalue weighted by atomic mass is 9.99. The van der Waals surface area contributed by atoms with E-state index >= 15 is 0 Å². The Kier molecular flexibility index (Phi) is 9.62. The summed E-state index contributed by atoms with van der Waals surface area (Å²) < 4.78 is 52.1. The molecule has 2 aromatic rings. The first kappa shape index (κ1) is 27.1. The Bertz CT molecular complexity index is 1040. The Hall–Kier alpha value is -2.53. The number of nitrogens with two attached hydrogens (primary N) is 1. The van der Waals surface area contributed by atoms with E-state index in [0.29, 0.717) is 26.1 Å². The Morgan fingerprint density at radius 2 is 1.86 bits per heavy atom. The average molecular weight is 508 g/mol. The predicted molar refractivity (Wildman–Crippen MR) is 131 cm³/mol. The molecule has 1 aliphatic heterocycles. The van der Waals surface area contributed by atoms with Crippen molar-refractivity contribution in [2.75, 3.05) is 26.3 Å². The highest BCUT2D eigenvalue weighted by molar-refractivity contribution is 7.89. The lowest BCUT2D eigenvalue weighted by molar-refractivity contribution is 0.0797. The minimum Gasteiger partial charge on any atom is -0.444 e. The minimum atomic E-state index is -3.94.